The normalized spacial score (nSPS) is 10.9. The summed E-state index contributed by atoms with van der Waals surface area (Å²) >= 11 is 7.37. The molecule has 0 aliphatic carbocycles. The van der Waals surface area contributed by atoms with E-state index in [0.717, 1.165) is 28.3 Å². The number of carbonyl (C=O) groups is 2. The molecule has 1 aromatic heterocycles. The van der Waals surface area contributed by atoms with Gasteiger partial charge in [0.05, 0.1) is 13.2 Å². The van der Waals surface area contributed by atoms with E-state index in [1.165, 1.54) is 19.1 Å². The lowest BCUT2D eigenvalue weighted by atomic mass is 10.1. The Morgan fingerprint density at radius 1 is 1.08 bits per heavy atom. The molecule has 3 aromatic carbocycles. The quantitative estimate of drug-likeness (QED) is 0.170. The van der Waals surface area contributed by atoms with Crippen LogP contribution in [0.3, 0.4) is 0 Å². The summed E-state index contributed by atoms with van der Waals surface area (Å²) in [6.07, 6.45) is 4.28. The number of halogens is 1. The summed E-state index contributed by atoms with van der Waals surface area (Å²) in [5.74, 6) is 1.38. The highest BCUT2D eigenvalue weighted by Crippen LogP contribution is 2.22. The Morgan fingerprint density at radius 2 is 1.79 bits per heavy atom. The number of ether oxygens (including phenoxy) is 1. The third-order valence-electron chi connectivity index (χ3n) is 5.39. The molecule has 4 rings (SSSR count). The average molecular weight is 552 g/mol. The number of carbonyl (C=O) groups excluding carboxylic acids is 2. The molecule has 8 nitrogen and oxygen atoms in total. The van der Waals surface area contributed by atoms with Crippen molar-refractivity contribution in [2.75, 3.05) is 19.5 Å². The zero-order chi connectivity index (χ0) is 27.2. The van der Waals surface area contributed by atoms with Crippen molar-refractivity contribution in [1.82, 2.24) is 19.6 Å². The summed E-state index contributed by atoms with van der Waals surface area (Å²) in [5.41, 5.74) is 4.15. The van der Waals surface area contributed by atoms with Crippen LogP contribution in [0.2, 0.25) is 5.02 Å². The number of urea groups is 1. The summed E-state index contributed by atoms with van der Waals surface area (Å²) in [6.45, 7) is 0.375. The predicted octanol–water partition coefficient (Wildman–Crippen LogP) is 5.79. The zero-order valence-corrected chi connectivity index (χ0v) is 22.7. The number of benzene rings is 3. The van der Waals surface area contributed by atoms with Crippen molar-refractivity contribution in [3.8, 4) is 5.69 Å². The van der Waals surface area contributed by atoms with Crippen LogP contribution in [0.15, 0.2) is 91.3 Å². The van der Waals surface area contributed by atoms with E-state index in [2.05, 4.69) is 37.2 Å². The second kappa shape index (κ2) is 15.3. The first-order valence-electron chi connectivity index (χ1n) is 11.8. The van der Waals surface area contributed by atoms with Crippen LogP contribution in [0, 0.1) is 0 Å². The van der Waals surface area contributed by atoms with Gasteiger partial charge in [-0.2, -0.15) is 0 Å². The molecule has 0 spiro atoms. The summed E-state index contributed by atoms with van der Waals surface area (Å²) in [7, 11) is 3.20. The number of nitrogens with zero attached hydrogens (tertiary/aromatic N) is 2. The van der Waals surface area contributed by atoms with E-state index in [1.54, 1.807) is 6.20 Å². The van der Waals surface area contributed by atoms with Crippen LogP contribution in [0.5, 0.6) is 0 Å². The first kappa shape index (κ1) is 28.6. The SMILES string of the molecule is CNc1ccc(-n2ccnc2C(Cc2ccccc2)NC(=O)NSCc2cccc(Cl)c2)cc1.COC=O. The molecule has 1 atom stereocenters. The minimum absolute atomic E-state index is 0.270. The molecule has 1 unspecified atom stereocenters. The van der Waals surface area contributed by atoms with Crippen LogP contribution < -0.4 is 15.4 Å². The summed E-state index contributed by atoms with van der Waals surface area (Å²) in [5, 5.41) is 6.92. The molecule has 0 saturated heterocycles. The molecule has 10 heteroatoms. The van der Waals surface area contributed by atoms with Crippen LogP contribution in [0.1, 0.15) is 23.0 Å². The molecule has 0 aliphatic rings. The third kappa shape index (κ3) is 8.86. The molecule has 1 heterocycles. The average Bonchev–Trinajstić information content (AvgIpc) is 3.44. The van der Waals surface area contributed by atoms with Gasteiger partial charge in [0.2, 0.25) is 0 Å². The van der Waals surface area contributed by atoms with Crippen molar-refractivity contribution in [3.63, 3.8) is 0 Å². The Hall–Kier alpha value is -3.95. The van der Waals surface area contributed by atoms with E-state index < -0.39 is 0 Å². The van der Waals surface area contributed by atoms with Gasteiger partial charge in [0, 0.05) is 41.6 Å². The molecule has 2 amide bonds. The van der Waals surface area contributed by atoms with E-state index in [9.17, 15) is 4.79 Å². The predicted molar refractivity (Wildman–Crippen MR) is 153 cm³/mol. The maximum atomic E-state index is 12.8. The lowest BCUT2D eigenvalue weighted by Crippen LogP contribution is -2.37. The van der Waals surface area contributed by atoms with Gasteiger partial charge in [-0.15, -0.1) is 0 Å². The van der Waals surface area contributed by atoms with Crippen LogP contribution in [-0.2, 0) is 21.7 Å². The second-order valence-corrected chi connectivity index (χ2v) is 9.24. The Kier molecular flexibility index (Phi) is 11.5. The van der Waals surface area contributed by atoms with Gasteiger partial charge in [-0.1, -0.05) is 54.1 Å². The van der Waals surface area contributed by atoms with E-state index in [4.69, 9.17) is 16.4 Å². The van der Waals surface area contributed by atoms with E-state index >= 15 is 0 Å². The number of anilines is 1. The van der Waals surface area contributed by atoms with Crippen molar-refractivity contribution in [2.45, 2.75) is 18.2 Å². The number of nitrogens with one attached hydrogen (secondary N) is 3. The lowest BCUT2D eigenvalue weighted by molar-refractivity contribution is -0.126. The zero-order valence-electron chi connectivity index (χ0n) is 21.1. The Morgan fingerprint density at radius 3 is 2.45 bits per heavy atom. The van der Waals surface area contributed by atoms with Crippen LogP contribution in [0.25, 0.3) is 5.69 Å². The first-order chi connectivity index (χ1) is 18.5. The molecule has 0 radical (unpaired) electrons. The van der Waals surface area contributed by atoms with Crippen molar-refractivity contribution in [3.05, 3.63) is 113 Å². The fourth-order valence-electron chi connectivity index (χ4n) is 3.64. The minimum Gasteiger partial charge on any atom is -0.471 e. The van der Waals surface area contributed by atoms with Gasteiger partial charge >= 0.3 is 6.03 Å². The molecular formula is C28H30ClN5O3S. The number of aromatic nitrogens is 2. The molecule has 0 saturated carbocycles. The standard InChI is InChI=1S/C26H26ClN5OS.C2H4O2/c1-28-22-10-12-23(13-11-22)32-15-14-29-25(32)24(17-19-6-3-2-4-7-19)30-26(33)31-34-18-20-8-5-9-21(27)16-20;1-4-2-3/h2-16,24,28H,17-18H2,1H3,(H2,30,31,33);2H,1H3. The van der Waals surface area contributed by atoms with E-state index in [0.29, 0.717) is 23.7 Å². The number of imidazole rings is 1. The number of hydrogen-bond donors (Lipinski definition) is 3. The minimum atomic E-state index is -0.326. The fourth-order valence-corrected chi connectivity index (χ4v) is 4.46. The number of rotatable bonds is 10. The van der Waals surface area contributed by atoms with Gasteiger partial charge in [0.25, 0.3) is 6.47 Å². The van der Waals surface area contributed by atoms with Crippen molar-refractivity contribution in [1.29, 1.82) is 0 Å². The Labute approximate surface area is 231 Å². The molecule has 0 bridgehead atoms. The van der Waals surface area contributed by atoms with Gasteiger partial charge < -0.3 is 19.9 Å². The fraction of sp³-hybridized carbons (Fsp3) is 0.179. The number of methoxy groups -OCH3 is 1. The van der Waals surface area contributed by atoms with Crippen molar-refractivity contribution >= 4 is 41.7 Å². The summed E-state index contributed by atoms with van der Waals surface area (Å²) in [4.78, 5) is 26.4. The van der Waals surface area contributed by atoms with Crippen molar-refractivity contribution in [2.24, 2.45) is 0 Å². The lowest BCUT2D eigenvalue weighted by Gasteiger charge is -2.20. The maximum Gasteiger partial charge on any atom is 0.325 e. The van der Waals surface area contributed by atoms with Crippen LogP contribution in [-0.4, -0.2) is 36.2 Å². The van der Waals surface area contributed by atoms with E-state index in [1.807, 2.05) is 84.5 Å². The number of amides is 2. The molecule has 4 aromatic rings. The molecule has 0 aliphatic heterocycles. The monoisotopic (exact) mass is 551 g/mol. The number of hydrogen-bond acceptors (Lipinski definition) is 6. The second-order valence-electron chi connectivity index (χ2n) is 8.02. The maximum absolute atomic E-state index is 12.8. The van der Waals surface area contributed by atoms with Gasteiger partial charge in [-0.05, 0) is 65.9 Å². The van der Waals surface area contributed by atoms with Crippen LogP contribution in [0.4, 0.5) is 10.5 Å². The first-order valence-corrected chi connectivity index (χ1v) is 13.1. The van der Waals surface area contributed by atoms with E-state index in [-0.39, 0.29) is 12.1 Å². The van der Waals surface area contributed by atoms with Crippen molar-refractivity contribution < 1.29 is 14.3 Å². The summed E-state index contributed by atoms with van der Waals surface area (Å²) < 4.78 is 8.75. The highest BCUT2D eigenvalue weighted by molar-refractivity contribution is 7.97. The van der Waals surface area contributed by atoms with Gasteiger partial charge in [-0.3, -0.25) is 9.52 Å². The molecule has 3 N–H and O–H groups in total. The van der Waals surface area contributed by atoms with Gasteiger partial charge in [0.1, 0.15) is 5.82 Å². The van der Waals surface area contributed by atoms with Crippen LogP contribution >= 0.6 is 23.5 Å². The smallest absolute Gasteiger partial charge is 0.325 e. The molecule has 198 valence electrons. The third-order valence-corrected chi connectivity index (χ3v) is 6.43. The van der Waals surface area contributed by atoms with Gasteiger partial charge in [0.15, 0.2) is 0 Å². The Bertz CT molecular complexity index is 1290. The molecular weight excluding hydrogens is 522 g/mol. The highest BCUT2D eigenvalue weighted by Gasteiger charge is 2.21. The summed E-state index contributed by atoms with van der Waals surface area (Å²) in [6, 6.07) is 25.2. The molecule has 0 fully saturated rings. The Balaban J connectivity index is 0.000000934. The topological polar surface area (TPSA) is 97.3 Å². The largest absolute Gasteiger partial charge is 0.471 e. The molecule has 38 heavy (non-hydrogen) atoms. The highest BCUT2D eigenvalue weighted by atomic mass is 35.5. The van der Waals surface area contributed by atoms with Gasteiger partial charge in [-0.25, -0.2) is 9.78 Å².